The number of nitrogens with zero attached hydrogens (tertiary/aromatic N) is 1. The third-order valence-electron chi connectivity index (χ3n) is 11.7. The van der Waals surface area contributed by atoms with Gasteiger partial charge >= 0.3 is 0 Å². The molecule has 0 atom stereocenters. The molecule has 0 spiro atoms. The summed E-state index contributed by atoms with van der Waals surface area (Å²) in [5.74, 6) is 0. The zero-order valence-corrected chi connectivity index (χ0v) is 32.9. The Morgan fingerprint density at radius 2 is 0.750 bits per heavy atom. The molecule has 0 radical (unpaired) electrons. The van der Waals surface area contributed by atoms with Gasteiger partial charge in [-0.1, -0.05) is 182 Å². The van der Waals surface area contributed by atoms with Gasteiger partial charge in [-0.2, -0.15) is 0 Å². The zero-order chi connectivity index (χ0) is 39.8. The van der Waals surface area contributed by atoms with E-state index in [1.165, 1.54) is 49.7 Å². The van der Waals surface area contributed by atoms with Crippen molar-refractivity contribution in [3.63, 3.8) is 0 Å². The fourth-order valence-electron chi connectivity index (χ4n) is 8.69. The molecule has 11 aromatic rings. The van der Waals surface area contributed by atoms with Crippen LogP contribution in [0.5, 0.6) is 0 Å². The number of hydrogen-bond donors (Lipinski definition) is 0. The molecule has 60 heavy (non-hydrogen) atoms. The lowest BCUT2D eigenvalue weighted by Gasteiger charge is -2.26. The summed E-state index contributed by atoms with van der Waals surface area (Å²) >= 11 is 0. The summed E-state index contributed by atoms with van der Waals surface area (Å²) < 4.78 is 6.44. The molecule has 0 aliphatic rings. The molecule has 0 aliphatic carbocycles. The van der Waals surface area contributed by atoms with Crippen LogP contribution in [0.25, 0.3) is 88.3 Å². The molecular weight excluding hydrogens is 727 g/mol. The van der Waals surface area contributed by atoms with Crippen molar-refractivity contribution in [1.29, 1.82) is 0 Å². The molecule has 2 heteroatoms. The van der Waals surface area contributed by atoms with E-state index in [1.54, 1.807) is 0 Å². The topological polar surface area (TPSA) is 16.4 Å². The first-order valence-electron chi connectivity index (χ1n) is 20.5. The summed E-state index contributed by atoms with van der Waals surface area (Å²) in [5, 5.41) is 4.76. The van der Waals surface area contributed by atoms with Crippen LogP contribution >= 0.6 is 0 Å². The van der Waals surface area contributed by atoms with Gasteiger partial charge in [-0.15, -0.1) is 0 Å². The molecule has 0 saturated carbocycles. The molecule has 11 rings (SSSR count). The van der Waals surface area contributed by atoms with Gasteiger partial charge in [-0.25, -0.2) is 0 Å². The van der Waals surface area contributed by atoms with Gasteiger partial charge in [0, 0.05) is 33.4 Å². The van der Waals surface area contributed by atoms with Crippen molar-refractivity contribution in [1.82, 2.24) is 0 Å². The predicted molar refractivity (Wildman–Crippen MR) is 253 cm³/mol. The Labute approximate surface area is 349 Å². The van der Waals surface area contributed by atoms with Crippen LogP contribution in [-0.2, 0) is 0 Å². The second-order valence-electron chi connectivity index (χ2n) is 15.3. The minimum absolute atomic E-state index is 0.903. The highest BCUT2D eigenvalue weighted by molar-refractivity contribution is 6.09. The number of rotatable bonds is 8. The maximum Gasteiger partial charge on any atom is 0.143 e. The van der Waals surface area contributed by atoms with E-state index >= 15 is 0 Å². The minimum Gasteiger partial charge on any atom is -0.455 e. The Balaban J connectivity index is 0.992. The second-order valence-corrected chi connectivity index (χ2v) is 15.3. The molecule has 1 aromatic heterocycles. The van der Waals surface area contributed by atoms with E-state index in [0.29, 0.717) is 0 Å². The van der Waals surface area contributed by atoms with E-state index in [9.17, 15) is 0 Å². The maximum atomic E-state index is 6.44. The van der Waals surface area contributed by atoms with Crippen molar-refractivity contribution >= 4 is 49.8 Å². The van der Waals surface area contributed by atoms with Crippen LogP contribution in [0, 0.1) is 0 Å². The number of benzene rings is 10. The first kappa shape index (κ1) is 35.2. The Morgan fingerprint density at radius 1 is 0.267 bits per heavy atom. The van der Waals surface area contributed by atoms with E-state index in [4.69, 9.17) is 4.42 Å². The van der Waals surface area contributed by atoms with E-state index in [-0.39, 0.29) is 0 Å². The smallest absolute Gasteiger partial charge is 0.143 e. The van der Waals surface area contributed by atoms with Crippen molar-refractivity contribution in [2.75, 3.05) is 4.90 Å². The van der Waals surface area contributed by atoms with E-state index < -0.39 is 0 Å². The minimum atomic E-state index is 0.903. The van der Waals surface area contributed by atoms with Crippen molar-refractivity contribution in [2.45, 2.75) is 0 Å². The standard InChI is InChI=1S/C58H39NO/c1-2-13-40(14-3-1)44-17-8-18-45(37-44)41-29-33-49(34-30-41)59(50-35-31-43(32-36-50)54-26-12-27-56-55-24-6-7-28-57(55)60-58(54)56)51-22-10-20-47(39-51)46-19-9-21-48(38-46)53-25-11-16-42-15-4-5-23-52(42)53/h1-39H. The third-order valence-corrected chi connectivity index (χ3v) is 11.7. The Hall–Kier alpha value is -7.94. The molecule has 282 valence electrons. The molecular formula is C58H39NO. The first-order chi connectivity index (χ1) is 29.7. The monoisotopic (exact) mass is 765 g/mol. The molecule has 1 heterocycles. The van der Waals surface area contributed by atoms with Crippen LogP contribution in [0.3, 0.4) is 0 Å². The van der Waals surface area contributed by atoms with E-state index in [2.05, 4.69) is 229 Å². The Bertz CT molecular complexity index is 3300. The van der Waals surface area contributed by atoms with Gasteiger partial charge in [0.15, 0.2) is 0 Å². The van der Waals surface area contributed by atoms with Crippen LogP contribution in [0.2, 0.25) is 0 Å². The summed E-state index contributed by atoms with van der Waals surface area (Å²) in [6.45, 7) is 0. The number of para-hydroxylation sites is 2. The van der Waals surface area contributed by atoms with Gasteiger partial charge in [0.2, 0.25) is 0 Å². The van der Waals surface area contributed by atoms with Crippen molar-refractivity contribution < 1.29 is 4.42 Å². The predicted octanol–water partition coefficient (Wildman–Crippen LogP) is 16.5. The molecule has 10 aromatic carbocycles. The number of furan rings is 1. The Morgan fingerprint density at radius 3 is 1.52 bits per heavy atom. The molecule has 0 saturated heterocycles. The van der Waals surface area contributed by atoms with Crippen LogP contribution in [0.1, 0.15) is 0 Å². The SMILES string of the molecule is c1ccc(-c2cccc(-c3ccc(N(c4ccc(-c5cccc6c5oc5ccccc56)cc4)c4cccc(-c5cccc(-c6cccc7ccccc67)c5)c4)cc3)c2)cc1. The normalized spacial score (nSPS) is 11.3. The van der Waals surface area contributed by atoms with Crippen LogP contribution < -0.4 is 4.90 Å². The largest absolute Gasteiger partial charge is 0.455 e. The van der Waals surface area contributed by atoms with E-state index in [1.807, 2.05) is 12.1 Å². The quantitative estimate of drug-likeness (QED) is 0.153. The molecule has 0 bridgehead atoms. The summed E-state index contributed by atoms with van der Waals surface area (Å²) in [6.07, 6.45) is 0. The maximum absolute atomic E-state index is 6.44. The van der Waals surface area contributed by atoms with Crippen molar-refractivity contribution in [2.24, 2.45) is 0 Å². The highest BCUT2D eigenvalue weighted by atomic mass is 16.3. The highest BCUT2D eigenvalue weighted by Crippen LogP contribution is 2.41. The van der Waals surface area contributed by atoms with Gasteiger partial charge in [0.1, 0.15) is 11.2 Å². The average Bonchev–Trinajstić information content (AvgIpc) is 3.72. The Kier molecular flexibility index (Phi) is 8.87. The highest BCUT2D eigenvalue weighted by Gasteiger charge is 2.17. The molecule has 0 unspecified atom stereocenters. The zero-order valence-electron chi connectivity index (χ0n) is 32.9. The molecule has 0 amide bonds. The first-order valence-corrected chi connectivity index (χ1v) is 20.5. The molecule has 0 fully saturated rings. The van der Waals surface area contributed by atoms with Crippen LogP contribution in [0.15, 0.2) is 241 Å². The molecule has 0 N–H and O–H groups in total. The summed E-state index contributed by atoms with van der Waals surface area (Å²) in [7, 11) is 0. The number of hydrogen-bond acceptors (Lipinski definition) is 2. The van der Waals surface area contributed by atoms with Crippen LogP contribution in [0.4, 0.5) is 17.1 Å². The van der Waals surface area contributed by atoms with Crippen molar-refractivity contribution in [3.05, 3.63) is 237 Å². The van der Waals surface area contributed by atoms with Gasteiger partial charge in [-0.05, 0) is 115 Å². The third kappa shape index (κ3) is 6.51. The summed E-state index contributed by atoms with van der Waals surface area (Å²) in [4.78, 5) is 2.35. The van der Waals surface area contributed by atoms with Gasteiger partial charge in [-0.3, -0.25) is 0 Å². The van der Waals surface area contributed by atoms with Gasteiger partial charge in [0.25, 0.3) is 0 Å². The summed E-state index contributed by atoms with van der Waals surface area (Å²) in [6, 6.07) is 84.8. The second kappa shape index (κ2) is 15.1. The average molecular weight is 766 g/mol. The van der Waals surface area contributed by atoms with Crippen LogP contribution in [-0.4, -0.2) is 0 Å². The summed E-state index contributed by atoms with van der Waals surface area (Å²) in [5.41, 5.74) is 16.8. The number of fused-ring (bicyclic) bond motifs is 4. The lowest BCUT2D eigenvalue weighted by atomic mass is 9.95. The lowest BCUT2D eigenvalue weighted by molar-refractivity contribution is 0.670. The molecule has 0 aliphatic heterocycles. The lowest BCUT2D eigenvalue weighted by Crippen LogP contribution is -2.10. The molecule has 2 nitrogen and oxygen atoms in total. The van der Waals surface area contributed by atoms with E-state index in [0.717, 1.165) is 55.7 Å². The van der Waals surface area contributed by atoms with Crippen molar-refractivity contribution in [3.8, 4) is 55.6 Å². The van der Waals surface area contributed by atoms with Gasteiger partial charge in [0.05, 0.1) is 0 Å². The fraction of sp³-hybridized carbons (Fsp3) is 0. The number of anilines is 3. The van der Waals surface area contributed by atoms with Gasteiger partial charge < -0.3 is 9.32 Å². The fourth-order valence-corrected chi connectivity index (χ4v) is 8.69.